The molecular weight excluding hydrogens is 273 g/mol. The molecular formula is C13H15ClFNO3. The van der Waals surface area contributed by atoms with Crippen molar-refractivity contribution in [2.45, 2.75) is 26.3 Å². The largest absolute Gasteiger partial charge is 0.480 e. The van der Waals surface area contributed by atoms with Crippen molar-refractivity contribution in [3.8, 4) is 0 Å². The van der Waals surface area contributed by atoms with Crippen LogP contribution in [0.3, 0.4) is 0 Å². The summed E-state index contributed by atoms with van der Waals surface area (Å²) in [7, 11) is 0. The quantitative estimate of drug-likeness (QED) is 0.875. The topological polar surface area (TPSA) is 66.4 Å². The molecule has 0 aliphatic carbocycles. The molecule has 1 aromatic carbocycles. The highest BCUT2D eigenvalue weighted by Gasteiger charge is 2.25. The number of carboxylic acid groups (broad SMARTS) is 1. The third-order valence-corrected chi connectivity index (χ3v) is 3.25. The van der Waals surface area contributed by atoms with Crippen molar-refractivity contribution in [2.75, 3.05) is 0 Å². The molecule has 0 saturated carbocycles. The Kier molecular flexibility index (Phi) is 5.30. The van der Waals surface area contributed by atoms with E-state index in [9.17, 15) is 14.0 Å². The molecule has 1 amide bonds. The Morgan fingerprint density at radius 3 is 2.58 bits per heavy atom. The van der Waals surface area contributed by atoms with E-state index < -0.39 is 23.7 Å². The summed E-state index contributed by atoms with van der Waals surface area (Å²) in [5.74, 6) is -2.69. The fourth-order valence-electron chi connectivity index (χ4n) is 1.55. The molecule has 0 aliphatic rings. The maximum atomic E-state index is 13.2. The molecule has 1 rings (SSSR count). The lowest BCUT2D eigenvalue weighted by Crippen LogP contribution is -2.45. The predicted octanol–water partition coefficient (Wildman–Crippen LogP) is 2.71. The normalized spacial score (nSPS) is 13.7. The Balaban J connectivity index is 2.87. The van der Waals surface area contributed by atoms with Gasteiger partial charge in [-0.3, -0.25) is 4.79 Å². The Hall–Kier alpha value is -1.62. The van der Waals surface area contributed by atoms with Gasteiger partial charge in [0.25, 0.3) is 5.91 Å². The lowest BCUT2D eigenvalue weighted by Gasteiger charge is -2.20. The standard InChI is InChI=1S/C13H15ClFNO3/c1-3-7(2)11(13(18)19)16-12(17)8-4-5-9(14)10(15)6-8/h4-7,11H,3H2,1-2H3,(H,16,17)(H,18,19)/t7?,11-/m0/s1. The van der Waals surface area contributed by atoms with Crippen molar-refractivity contribution in [2.24, 2.45) is 5.92 Å². The van der Waals surface area contributed by atoms with Gasteiger partial charge in [0.1, 0.15) is 11.9 Å². The van der Waals surface area contributed by atoms with Crippen LogP contribution in [0, 0.1) is 11.7 Å². The summed E-state index contributed by atoms with van der Waals surface area (Å²) in [6, 6.07) is 2.57. The summed E-state index contributed by atoms with van der Waals surface area (Å²) in [6.45, 7) is 3.55. The Bertz CT molecular complexity index is 493. The molecule has 0 saturated heterocycles. The third-order valence-electron chi connectivity index (χ3n) is 2.95. The van der Waals surface area contributed by atoms with Gasteiger partial charge in [0.05, 0.1) is 5.02 Å². The third kappa shape index (κ3) is 3.92. The van der Waals surface area contributed by atoms with Gasteiger partial charge in [-0.05, 0) is 24.1 Å². The lowest BCUT2D eigenvalue weighted by atomic mass is 9.99. The van der Waals surface area contributed by atoms with Crippen molar-refractivity contribution in [3.05, 3.63) is 34.6 Å². The van der Waals surface area contributed by atoms with E-state index in [1.165, 1.54) is 12.1 Å². The van der Waals surface area contributed by atoms with E-state index in [1.54, 1.807) is 6.92 Å². The molecule has 1 unspecified atom stereocenters. The number of carbonyl (C=O) groups is 2. The minimum atomic E-state index is -1.11. The molecule has 104 valence electrons. The Morgan fingerprint density at radius 1 is 1.47 bits per heavy atom. The molecule has 19 heavy (non-hydrogen) atoms. The van der Waals surface area contributed by atoms with Gasteiger partial charge in [0.2, 0.25) is 0 Å². The number of nitrogens with one attached hydrogen (secondary N) is 1. The first kappa shape index (κ1) is 15.4. The molecule has 0 aromatic heterocycles. The van der Waals surface area contributed by atoms with E-state index in [1.807, 2.05) is 6.92 Å². The molecule has 2 N–H and O–H groups in total. The van der Waals surface area contributed by atoms with E-state index in [0.29, 0.717) is 6.42 Å². The fourth-order valence-corrected chi connectivity index (χ4v) is 1.66. The first-order valence-corrected chi connectivity index (χ1v) is 6.23. The SMILES string of the molecule is CCC(C)[C@H](NC(=O)c1ccc(Cl)c(F)c1)C(=O)O. The van der Waals surface area contributed by atoms with Gasteiger partial charge in [-0.15, -0.1) is 0 Å². The number of carboxylic acids is 1. The maximum Gasteiger partial charge on any atom is 0.326 e. The summed E-state index contributed by atoms with van der Waals surface area (Å²) in [6.07, 6.45) is 0.603. The summed E-state index contributed by atoms with van der Waals surface area (Å²) in [5, 5.41) is 11.4. The van der Waals surface area contributed by atoms with Crippen molar-refractivity contribution < 1.29 is 19.1 Å². The number of hydrogen-bond donors (Lipinski definition) is 2. The van der Waals surface area contributed by atoms with Crippen LogP contribution in [0.1, 0.15) is 30.6 Å². The summed E-state index contributed by atoms with van der Waals surface area (Å²) in [5.41, 5.74) is 0.0384. The number of aliphatic carboxylic acids is 1. The number of amides is 1. The van der Waals surface area contributed by atoms with E-state index in [2.05, 4.69) is 5.32 Å². The summed E-state index contributed by atoms with van der Waals surface area (Å²) < 4.78 is 13.2. The molecule has 0 spiro atoms. The fraction of sp³-hybridized carbons (Fsp3) is 0.385. The molecule has 6 heteroatoms. The Labute approximate surface area is 115 Å². The zero-order valence-corrected chi connectivity index (χ0v) is 11.4. The van der Waals surface area contributed by atoms with Gasteiger partial charge in [-0.25, -0.2) is 9.18 Å². The van der Waals surface area contributed by atoms with Gasteiger partial charge in [-0.1, -0.05) is 31.9 Å². The molecule has 0 heterocycles. The first-order valence-electron chi connectivity index (χ1n) is 5.85. The number of carbonyl (C=O) groups excluding carboxylic acids is 1. The highest BCUT2D eigenvalue weighted by Crippen LogP contribution is 2.16. The van der Waals surface area contributed by atoms with Crippen LogP contribution in [-0.4, -0.2) is 23.0 Å². The molecule has 0 fully saturated rings. The highest BCUT2D eigenvalue weighted by molar-refractivity contribution is 6.30. The van der Waals surface area contributed by atoms with Crippen LogP contribution in [0.2, 0.25) is 5.02 Å². The van der Waals surface area contributed by atoms with Crippen molar-refractivity contribution in [1.29, 1.82) is 0 Å². The number of halogens is 2. The number of hydrogen-bond acceptors (Lipinski definition) is 2. The molecule has 0 bridgehead atoms. The maximum absolute atomic E-state index is 13.2. The summed E-state index contributed by atoms with van der Waals surface area (Å²) in [4.78, 5) is 22.9. The van der Waals surface area contributed by atoms with E-state index in [4.69, 9.17) is 16.7 Å². The van der Waals surface area contributed by atoms with Gasteiger partial charge < -0.3 is 10.4 Å². The molecule has 2 atom stereocenters. The molecule has 0 radical (unpaired) electrons. The van der Waals surface area contributed by atoms with E-state index >= 15 is 0 Å². The highest BCUT2D eigenvalue weighted by atomic mass is 35.5. The van der Waals surface area contributed by atoms with Crippen LogP contribution in [-0.2, 0) is 4.79 Å². The van der Waals surface area contributed by atoms with E-state index in [0.717, 1.165) is 6.07 Å². The van der Waals surface area contributed by atoms with Gasteiger partial charge in [-0.2, -0.15) is 0 Å². The van der Waals surface area contributed by atoms with Crippen LogP contribution in [0.5, 0.6) is 0 Å². The minimum Gasteiger partial charge on any atom is -0.480 e. The van der Waals surface area contributed by atoms with Gasteiger partial charge in [0.15, 0.2) is 0 Å². The van der Waals surface area contributed by atoms with Crippen molar-refractivity contribution in [1.82, 2.24) is 5.32 Å². The lowest BCUT2D eigenvalue weighted by molar-refractivity contribution is -0.140. The second-order valence-electron chi connectivity index (χ2n) is 4.30. The monoisotopic (exact) mass is 287 g/mol. The Morgan fingerprint density at radius 2 is 2.11 bits per heavy atom. The second-order valence-corrected chi connectivity index (χ2v) is 4.71. The zero-order valence-electron chi connectivity index (χ0n) is 10.6. The van der Waals surface area contributed by atoms with Crippen LogP contribution in [0.4, 0.5) is 4.39 Å². The minimum absolute atomic E-state index is 0.0384. The number of rotatable bonds is 5. The van der Waals surface area contributed by atoms with Crippen molar-refractivity contribution >= 4 is 23.5 Å². The second kappa shape index (κ2) is 6.52. The molecule has 1 aromatic rings. The average Bonchev–Trinajstić information content (AvgIpc) is 2.37. The molecule has 0 aliphatic heterocycles. The predicted molar refractivity (Wildman–Crippen MR) is 69.8 cm³/mol. The zero-order chi connectivity index (χ0) is 14.6. The smallest absolute Gasteiger partial charge is 0.326 e. The first-order chi connectivity index (χ1) is 8.86. The summed E-state index contributed by atoms with van der Waals surface area (Å²) >= 11 is 5.51. The average molecular weight is 288 g/mol. The van der Waals surface area contributed by atoms with Crippen molar-refractivity contribution in [3.63, 3.8) is 0 Å². The van der Waals surface area contributed by atoms with E-state index in [-0.39, 0.29) is 16.5 Å². The van der Waals surface area contributed by atoms with Crippen LogP contribution in [0.25, 0.3) is 0 Å². The van der Waals surface area contributed by atoms with Crippen LogP contribution >= 0.6 is 11.6 Å². The molecule has 4 nitrogen and oxygen atoms in total. The number of benzene rings is 1. The van der Waals surface area contributed by atoms with Crippen LogP contribution in [0.15, 0.2) is 18.2 Å². The van der Waals surface area contributed by atoms with Gasteiger partial charge in [0, 0.05) is 5.56 Å². The van der Waals surface area contributed by atoms with Crippen LogP contribution < -0.4 is 5.32 Å². The van der Waals surface area contributed by atoms with Gasteiger partial charge >= 0.3 is 5.97 Å².